The van der Waals surface area contributed by atoms with Gasteiger partial charge in [0.25, 0.3) is 0 Å². The van der Waals surface area contributed by atoms with Crippen LogP contribution >= 0.6 is 0 Å². The van der Waals surface area contributed by atoms with E-state index in [2.05, 4.69) is 0 Å². The number of hydrogen-bond acceptors (Lipinski definition) is 6. The summed E-state index contributed by atoms with van der Waals surface area (Å²) in [7, 11) is -4.82. The van der Waals surface area contributed by atoms with Crippen molar-refractivity contribution in [1.82, 2.24) is 0 Å². The number of hydrogen-bond donors (Lipinski definition) is 1. The average Bonchev–Trinajstić information content (AvgIpc) is 2.37. The molecule has 0 spiro atoms. The van der Waals surface area contributed by atoms with Crippen LogP contribution in [0, 0.1) is 5.41 Å². The average molecular weight is 324 g/mol. The molecule has 0 heterocycles. The quantitative estimate of drug-likeness (QED) is 0.308. The molecule has 0 amide bonds. The summed E-state index contributed by atoms with van der Waals surface area (Å²) >= 11 is 0. The fourth-order valence-electron chi connectivity index (χ4n) is 1.26. The zero-order valence-electron chi connectivity index (χ0n) is 12.5. The van der Waals surface area contributed by atoms with Crippen LogP contribution in [0.5, 0.6) is 5.75 Å². The van der Waals surface area contributed by atoms with Gasteiger partial charge in [0.15, 0.2) is 5.44 Å². The molecule has 0 fully saturated rings. The fourth-order valence-corrected chi connectivity index (χ4v) is 1.75. The monoisotopic (exact) mass is 324 g/mol. The molecule has 0 aliphatic heterocycles. The van der Waals surface area contributed by atoms with Crippen LogP contribution in [0.3, 0.4) is 0 Å². The van der Waals surface area contributed by atoms with Gasteiger partial charge in [-0.2, -0.15) is 0 Å². The van der Waals surface area contributed by atoms with Crippen LogP contribution in [0.4, 0.5) is 0 Å². The first-order chi connectivity index (χ1) is 9.08. The van der Waals surface area contributed by atoms with E-state index >= 15 is 0 Å². The smallest absolute Gasteiger partial charge is 0.746 e. The third-order valence-electron chi connectivity index (χ3n) is 3.09. The Balaban J connectivity index is 0.00000400. The molecule has 6 nitrogen and oxygen atoms in total. The van der Waals surface area contributed by atoms with Gasteiger partial charge < -0.3 is 14.4 Å². The Morgan fingerprint density at radius 1 is 1.33 bits per heavy atom. The van der Waals surface area contributed by atoms with Gasteiger partial charge in [0.2, 0.25) is 0 Å². The molecule has 1 rings (SSSR count). The van der Waals surface area contributed by atoms with Crippen molar-refractivity contribution in [2.24, 2.45) is 5.41 Å². The molecule has 1 aromatic rings. The number of aliphatic hydroxyl groups is 1. The van der Waals surface area contributed by atoms with Crippen LogP contribution < -0.4 is 34.3 Å². The third-order valence-corrected chi connectivity index (χ3v) is 3.90. The van der Waals surface area contributed by atoms with Crippen LogP contribution in [0.2, 0.25) is 0 Å². The van der Waals surface area contributed by atoms with Crippen LogP contribution in [0.1, 0.15) is 38.2 Å². The molecule has 1 aromatic carbocycles. The van der Waals surface area contributed by atoms with E-state index in [0.29, 0.717) is 6.42 Å². The molecule has 0 aromatic heterocycles. The molecule has 1 N–H and O–H groups in total. The molecule has 8 heteroatoms. The number of carbonyl (C=O) groups excluding carboxylic acids is 1. The molecule has 112 valence electrons. The molecule has 0 aliphatic carbocycles. The zero-order chi connectivity index (χ0) is 15.6. The predicted molar refractivity (Wildman–Crippen MR) is 70.8 cm³/mol. The van der Waals surface area contributed by atoms with Crippen LogP contribution in [-0.2, 0) is 14.9 Å². The molecule has 0 radical (unpaired) electrons. The minimum atomic E-state index is -4.82. The first-order valence-electron chi connectivity index (χ1n) is 6.03. The minimum absolute atomic E-state index is 0. The maximum atomic E-state index is 11.8. The summed E-state index contributed by atoms with van der Waals surface area (Å²) < 4.78 is 37.2. The van der Waals surface area contributed by atoms with Gasteiger partial charge >= 0.3 is 35.5 Å². The van der Waals surface area contributed by atoms with Gasteiger partial charge in [-0.15, -0.1) is 0 Å². The van der Waals surface area contributed by atoms with E-state index in [1.165, 1.54) is 24.3 Å². The zero-order valence-corrected chi connectivity index (χ0v) is 15.3. The van der Waals surface area contributed by atoms with Crippen molar-refractivity contribution < 1.29 is 57.2 Å². The van der Waals surface area contributed by atoms with Crippen molar-refractivity contribution in [1.29, 1.82) is 0 Å². The SMILES string of the molecule is CCC(C)(C)C(=O)Oc1ccc(C(O)S(=O)(=O)[O-])cc1.[Na+]. The number of carbonyl (C=O) groups is 1. The number of ether oxygens (including phenoxy) is 1. The summed E-state index contributed by atoms with van der Waals surface area (Å²) in [6.07, 6.45) is 0.608. The number of esters is 1. The van der Waals surface area contributed by atoms with Gasteiger partial charge in [0.1, 0.15) is 15.9 Å². The van der Waals surface area contributed by atoms with Crippen molar-refractivity contribution in [3.63, 3.8) is 0 Å². The van der Waals surface area contributed by atoms with Gasteiger partial charge in [0.05, 0.1) is 5.41 Å². The van der Waals surface area contributed by atoms with Gasteiger partial charge in [-0.3, -0.25) is 4.79 Å². The summed E-state index contributed by atoms with van der Waals surface area (Å²) in [5.74, 6) is -0.194. The summed E-state index contributed by atoms with van der Waals surface area (Å²) in [4.78, 5) is 11.8. The number of rotatable bonds is 5. The molecule has 0 saturated heterocycles. The molecule has 0 bridgehead atoms. The van der Waals surface area contributed by atoms with E-state index in [4.69, 9.17) is 4.74 Å². The van der Waals surface area contributed by atoms with Crippen molar-refractivity contribution >= 4 is 16.1 Å². The van der Waals surface area contributed by atoms with Gasteiger partial charge in [-0.05, 0) is 38.0 Å². The molecule has 0 aliphatic rings. The molecular formula is C13H17NaO6S. The number of aliphatic hydroxyl groups excluding tert-OH is 1. The van der Waals surface area contributed by atoms with E-state index in [1.54, 1.807) is 13.8 Å². The van der Waals surface area contributed by atoms with E-state index in [9.17, 15) is 22.9 Å². The van der Waals surface area contributed by atoms with E-state index < -0.39 is 26.9 Å². The fraction of sp³-hybridized carbons (Fsp3) is 0.462. The second-order valence-corrected chi connectivity index (χ2v) is 6.47. The minimum Gasteiger partial charge on any atom is -0.746 e. The molecular weight excluding hydrogens is 307 g/mol. The summed E-state index contributed by atoms with van der Waals surface area (Å²) in [5.41, 5.74) is -2.83. The first kappa shape index (κ1) is 20.6. The van der Waals surface area contributed by atoms with Gasteiger partial charge in [-0.25, -0.2) is 8.42 Å². The Bertz CT molecular complexity index is 579. The first-order valence-corrected chi connectivity index (χ1v) is 7.50. The van der Waals surface area contributed by atoms with E-state index in [1.807, 2.05) is 6.92 Å². The van der Waals surface area contributed by atoms with Crippen molar-refractivity contribution in [2.45, 2.75) is 32.6 Å². The normalized spacial score (nSPS) is 13.2. The molecule has 1 atom stereocenters. The van der Waals surface area contributed by atoms with Gasteiger partial charge in [0, 0.05) is 0 Å². The summed E-state index contributed by atoms with van der Waals surface area (Å²) in [6.45, 7) is 5.36. The third kappa shape index (κ3) is 5.69. The topological polar surface area (TPSA) is 104 Å². The van der Waals surface area contributed by atoms with Crippen molar-refractivity contribution in [2.75, 3.05) is 0 Å². The van der Waals surface area contributed by atoms with Crippen molar-refractivity contribution in [3.05, 3.63) is 29.8 Å². The second-order valence-electron chi connectivity index (χ2n) is 5.04. The van der Waals surface area contributed by atoms with E-state index in [0.717, 1.165) is 0 Å². The Labute approximate surface area is 146 Å². The Kier molecular flexibility index (Phi) is 7.55. The molecule has 0 saturated carbocycles. The summed E-state index contributed by atoms with van der Waals surface area (Å²) in [6, 6.07) is 5.10. The van der Waals surface area contributed by atoms with Crippen LogP contribution in [0.25, 0.3) is 0 Å². The maximum absolute atomic E-state index is 11.8. The molecule has 1 unspecified atom stereocenters. The largest absolute Gasteiger partial charge is 1.00 e. The maximum Gasteiger partial charge on any atom is 1.00 e. The van der Waals surface area contributed by atoms with Gasteiger partial charge in [-0.1, -0.05) is 19.1 Å². The molecule has 21 heavy (non-hydrogen) atoms. The Morgan fingerprint density at radius 2 is 1.81 bits per heavy atom. The Hall–Kier alpha value is -0.440. The number of benzene rings is 1. The van der Waals surface area contributed by atoms with Crippen LogP contribution in [-0.4, -0.2) is 24.0 Å². The second kappa shape index (κ2) is 7.71. The van der Waals surface area contributed by atoms with Crippen molar-refractivity contribution in [3.8, 4) is 5.75 Å². The van der Waals surface area contributed by atoms with E-state index in [-0.39, 0.29) is 40.9 Å². The van der Waals surface area contributed by atoms with Crippen LogP contribution in [0.15, 0.2) is 24.3 Å². The standard InChI is InChI=1S/C13H18O6S.Na/c1-4-13(2,3)12(15)19-10-7-5-9(6-8-10)11(14)20(16,17)18;/h5-8,11,14H,4H2,1-3H3,(H,16,17,18);/q;+1/p-1. The summed E-state index contributed by atoms with van der Waals surface area (Å²) in [5, 5.41) is 9.29. The Morgan fingerprint density at radius 3 is 2.19 bits per heavy atom. The predicted octanol–water partition coefficient (Wildman–Crippen LogP) is -1.43.